The van der Waals surface area contributed by atoms with Crippen LogP contribution in [0.1, 0.15) is 23.4 Å². The minimum absolute atomic E-state index is 0.0148. The average Bonchev–Trinajstić information content (AvgIpc) is 3.06. The van der Waals surface area contributed by atoms with Gasteiger partial charge in [0.15, 0.2) is 11.5 Å². The molecule has 0 bridgehead atoms. The van der Waals surface area contributed by atoms with E-state index >= 15 is 0 Å². The van der Waals surface area contributed by atoms with Crippen molar-refractivity contribution < 1.29 is 19.1 Å². The van der Waals surface area contributed by atoms with Crippen LogP contribution in [-0.2, 0) is 16.0 Å². The summed E-state index contributed by atoms with van der Waals surface area (Å²) in [6, 6.07) is 13.5. The van der Waals surface area contributed by atoms with E-state index in [1.807, 2.05) is 47.4 Å². The first kappa shape index (κ1) is 20.1. The summed E-state index contributed by atoms with van der Waals surface area (Å²) < 4.78 is 10.6. The van der Waals surface area contributed by atoms with Crippen LogP contribution in [0, 0.1) is 0 Å². The molecule has 1 aliphatic rings. The molecule has 1 aliphatic heterocycles. The number of nitrogens with one attached hydrogen (secondary N) is 1. The lowest BCUT2D eigenvalue weighted by atomic mass is 10.1. The molecule has 2 aromatic rings. The Morgan fingerprint density at radius 1 is 1.14 bits per heavy atom. The minimum atomic E-state index is -0.102. The molecular formula is C21H24N2O4S. The maximum absolute atomic E-state index is 12.4. The number of carbonyl (C=O) groups excluding carboxylic acids is 2. The average molecular weight is 401 g/mol. The van der Waals surface area contributed by atoms with E-state index in [-0.39, 0.29) is 17.2 Å². The molecule has 148 valence electrons. The smallest absolute Gasteiger partial charge is 0.233 e. The van der Waals surface area contributed by atoms with Crippen LogP contribution < -0.4 is 14.8 Å². The fourth-order valence-electron chi connectivity index (χ4n) is 3.19. The third kappa shape index (κ3) is 4.59. The van der Waals surface area contributed by atoms with Crippen LogP contribution in [0.2, 0.25) is 0 Å². The molecule has 1 unspecified atom stereocenters. The van der Waals surface area contributed by atoms with Gasteiger partial charge in [-0.25, -0.2) is 0 Å². The highest BCUT2D eigenvalue weighted by atomic mass is 32.2. The maximum Gasteiger partial charge on any atom is 0.233 e. The van der Waals surface area contributed by atoms with Crippen LogP contribution in [0.3, 0.4) is 0 Å². The van der Waals surface area contributed by atoms with Crippen LogP contribution in [-0.4, -0.2) is 43.2 Å². The second-order valence-electron chi connectivity index (χ2n) is 6.49. The number of nitrogens with zero attached hydrogens (tertiary/aromatic N) is 1. The molecule has 6 nitrogen and oxygen atoms in total. The van der Waals surface area contributed by atoms with E-state index in [9.17, 15) is 9.59 Å². The first-order chi connectivity index (χ1) is 13.5. The molecule has 1 heterocycles. The van der Waals surface area contributed by atoms with Gasteiger partial charge in [-0.2, -0.15) is 0 Å². The van der Waals surface area contributed by atoms with Crippen LogP contribution in [0.4, 0.5) is 5.69 Å². The Morgan fingerprint density at radius 2 is 1.86 bits per heavy atom. The Hall–Kier alpha value is -2.67. The molecule has 28 heavy (non-hydrogen) atoms. The SMILES string of the molecule is COc1ccc(CCN2C(=O)CSC2c2ccc(NC(C)=O)cc2)cc1OC. The molecule has 0 radical (unpaired) electrons. The van der Waals surface area contributed by atoms with Gasteiger partial charge in [0.25, 0.3) is 0 Å². The highest BCUT2D eigenvalue weighted by Gasteiger charge is 2.32. The van der Waals surface area contributed by atoms with E-state index in [0.29, 0.717) is 23.8 Å². The largest absolute Gasteiger partial charge is 0.493 e. The van der Waals surface area contributed by atoms with E-state index in [0.717, 1.165) is 23.2 Å². The fourth-order valence-corrected chi connectivity index (χ4v) is 4.41. The summed E-state index contributed by atoms with van der Waals surface area (Å²) in [7, 11) is 3.22. The number of rotatable bonds is 7. The number of ether oxygens (including phenoxy) is 2. The number of methoxy groups -OCH3 is 2. The molecule has 2 aromatic carbocycles. The first-order valence-electron chi connectivity index (χ1n) is 9.01. The van der Waals surface area contributed by atoms with Crippen molar-refractivity contribution in [2.24, 2.45) is 0 Å². The molecule has 1 saturated heterocycles. The van der Waals surface area contributed by atoms with E-state index < -0.39 is 0 Å². The first-order valence-corrected chi connectivity index (χ1v) is 10.1. The predicted octanol–water partition coefficient (Wildman–Crippen LogP) is 3.48. The van der Waals surface area contributed by atoms with Crippen molar-refractivity contribution in [3.05, 3.63) is 53.6 Å². The third-order valence-electron chi connectivity index (χ3n) is 4.57. The van der Waals surface area contributed by atoms with Gasteiger partial charge in [0.2, 0.25) is 11.8 Å². The number of hydrogen-bond acceptors (Lipinski definition) is 5. The highest BCUT2D eigenvalue weighted by molar-refractivity contribution is 8.00. The third-order valence-corrected chi connectivity index (χ3v) is 5.83. The Morgan fingerprint density at radius 3 is 2.50 bits per heavy atom. The van der Waals surface area contributed by atoms with Gasteiger partial charge in [-0.15, -0.1) is 11.8 Å². The number of thioether (sulfide) groups is 1. The van der Waals surface area contributed by atoms with Crippen molar-refractivity contribution in [2.75, 3.05) is 31.8 Å². The van der Waals surface area contributed by atoms with Crippen LogP contribution in [0.25, 0.3) is 0 Å². The summed E-state index contributed by atoms with van der Waals surface area (Å²) in [5.74, 6) is 1.89. The van der Waals surface area contributed by atoms with Crippen molar-refractivity contribution in [1.82, 2.24) is 4.90 Å². The van der Waals surface area contributed by atoms with E-state index in [4.69, 9.17) is 9.47 Å². The highest BCUT2D eigenvalue weighted by Crippen LogP contribution is 2.39. The van der Waals surface area contributed by atoms with Gasteiger partial charge in [-0.3, -0.25) is 9.59 Å². The molecule has 0 aliphatic carbocycles. The molecule has 7 heteroatoms. The lowest BCUT2D eigenvalue weighted by molar-refractivity contribution is -0.128. The molecule has 1 atom stereocenters. The summed E-state index contributed by atoms with van der Waals surface area (Å²) in [6.45, 7) is 2.11. The zero-order valence-electron chi connectivity index (χ0n) is 16.2. The quantitative estimate of drug-likeness (QED) is 0.771. The summed E-state index contributed by atoms with van der Waals surface area (Å²) >= 11 is 1.62. The second-order valence-corrected chi connectivity index (χ2v) is 7.56. The molecule has 0 spiro atoms. The van der Waals surface area contributed by atoms with E-state index in [1.54, 1.807) is 26.0 Å². The number of amides is 2. The van der Waals surface area contributed by atoms with Gasteiger partial charge in [0, 0.05) is 19.2 Å². The van der Waals surface area contributed by atoms with Gasteiger partial charge in [0.05, 0.1) is 20.0 Å². The Kier molecular flexibility index (Phi) is 6.46. The Balaban J connectivity index is 1.70. The van der Waals surface area contributed by atoms with Gasteiger partial charge in [-0.05, 0) is 41.8 Å². The van der Waals surface area contributed by atoms with Gasteiger partial charge >= 0.3 is 0 Å². The maximum atomic E-state index is 12.4. The topological polar surface area (TPSA) is 67.9 Å². The number of hydrogen-bond donors (Lipinski definition) is 1. The normalized spacial score (nSPS) is 16.2. The summed E-state index contributed by atoms with van der Waals surface area (Å²) in [5.41, 5.74) is 2.89. The molecule has 1 N–H and O–H groups in total. The van der Waals surface area contributed by atoms with Crippen molar-refractivity contribution in [2.45, 2.75) is 18.7 Å². The van der Waals surface area contributed by atoms with Crippen molar-refractivity contribution >= 4 is 29.3 Å². The number of benzene rings is 2. The minimum Gasteiger partial charge on any atom is -0.493 e. The molecule has 3 rings (SSSR count). The molecule has 0 saturated carbocycles. The van der Waals surface area contributed by atoms with Crippen LogP contribution >= 0.6 is 11.8 Å². The van der Waals surface area contributed by atoms with Gasteiger partial charge < -0.3 is 19.7 Å². The predicted molar refractivity (Wildman–Crippen MR) is 111 cm³/mol. The number of carbonyl (C=O) groups is 2. The fraction of sp³-hybridized carbons (Fsp3) is 0.333. The van der Waals surface area contributed by atoms with E-state index in [2.05, 4.69) is 5.32 Å². The zero-order chi connectivity index (χ0) is 20.1. The lowest BCUT2D eigenvalue weighted by Crippen LogP contribution is -2.30. The van der Waals surface area contributed by atoms with Crippen molar-refractivity contribution in [1.29, 1.82) is 0 Å². The van der Waals surface area contributed by atoms with Crippen molar-refractivity contribution in [3.63, 3.8) is 0 Å². The zero-order valence-corrected chi connectivity index (χ0v) is 17.0. The lowest BCUT2D eigenvalue weighted by Gasteiger charge is -2.24. The monoisotopic (exact) mass is 400 g/mol. The van der Waals surface area contributed by atoms with Crippen molar-refractivity contribution in [3.8, 4) is 11.5 Å². The van der Waals surface area contributed by atoms with Gasteiger partial charge in [0.1, 0.15) is 5.37 Å². The van der Waals surface area contributed by atoms with Crippen LogP contribution in [0.5, 0.6) is 11.5 Å². The van der Waals surface area contributed by atoms with E-state index in [1.165, 1.54) is 6.92 Å². The Labute approximate surface area is 169 Å². The molecule has 0 aromatic heterocycles. The molecule has 1 fully saturated rings. The summed E-state index contributed by atoms with van der Waals surface area (Å²) in [6.07, 6.45) is 0.729. The second kappa shape index (κ2) is 9.01. The molecule has 2 amide bonds. The standard InChI is InChI=1S/C21H24N2O4S/c1-14(24)22-17-7-5-16(6-8-17)21-23(20(25)13-28-21)11-10-15-4-9-18(26-2)19(12-15)27-3/h4-9,12,21H,10-11,13H2,1-3H3,(H,22,24). The number of anilines is 1. The molecular weight excluding hydrogens is 376 g/mol. The van der Waals surface area contributed by atoms with Crippen LogP contribution in [0.15, 0.2) is 42.5 Å². The Bertz CT molecular complexity index is 854. The summed E-state index contributed by atoms with van der Waals surface area (Å²) in [5, 5.41) is 2.75. The summed E-state index contributed by atoms with van der Waals surface area (Å²) in [4.78, 5) is 25.5. The van der Waals surface area contributed by atoms with Gasteiger partial charge in [-0.1, -0.05) is 18.2 Å².